The largest absolute Gasteiger partial charge is 0.372 e. The van der Waals surface area contributed by atoms with Gasteiger partial charge in [-0.2, -0.15) is 8.42 Å². The number of rotatable bonds is 4. The Morgan fingerprint density at radius 1 is 1.00 bits per heavy atom. The van der Waals surface area contributed by atoms with Gasteiger partial charge >= 0.3 is 15.8 Å². The fourth-order valence-electron chi connectivity index (χ4n) is 2.15. The number of para-hydroxylation sites is 2. The third kappa shape index (κ3) is 2.58. The maximum atomic E-state index is 12.3. The second kappa shape index (κ2) is 5.42. The van der Waals surface area contributed by atoms with E-state index in [2.05, 4.69) is 0 Å². The first kappa shape index (κ1) is 15.6. The lowest BCUT2D eigenvalue weighted by atomic mass is 10.1. The Morgan fingerprint density at radius 3 is 2.38 bits per heavy atom. The van der Waals surface area contributed by atoms with Crippen LogP contribution < -0.4 is 9.50 Å². The summed E-state index contributed by atoms with van der Waals surface area (Å²) in [5.74, 6) is -1.81. The lowest BCUT2D eigenvalue weighted by Gasteiger charge is -2.08. The minimum atomic E-state index is -4.43. The number of imide groups is 1. The molecule has 2 aromatic rings. The van der Waals surface area contributed by atoms with Gasteiger partial charge in [0.05, 0.1) is 16.1 Å². The number of nitro groups is 1. The lowest BCUT2D eigenvalue weighted by Crippen LogP contribution is -2.19. The van der Waals surface area contributed by atoms with E-state index in [0.717, 1.165) is 24.3 Å². The lowest BCUT2D eigenvalue weighted by molar-refractivity contribution is -0.385. The summed E-state index contributed by atoms with van der Waals surface area (Å²) in [6.45, 7) is 0. The molecule has 0 bridgehead atoms. The molecule has 0 atom stereocenters. The van der Waals surface area contributed by atoms with Gasteiger partial charge in [0.15, 0.2) is 0 Å². The van der Waals surface area contributed by atoms with E-state index in [1.54, 1.807) is 0 Å². The molecule has 24 heavy (non-hydrogen) atoms. The predicted octanol–water partition coefficient (Wildman–Crippen LogP) is 1.25. The van der Waals surface area contributed by atoms with Gasteiger partial charge < -0.3 is 4.18 Å². The Morgan fingerprint density at radius 2 is 1.67 bits per heavy atom. The molecule has 122 valence electrons. The summed E-state index contributed by atoms with van der Waals surface area (Å²) in [5.41, 5.74) is -0.577. The van der Waals surface area contributed by atoms with Crippen molar-refractivity contribution in [3.8, 4) is 5.75 Å². The smallest absolute Gasteiger partial charge is 0.339 e. The minimum Gasteiger partial charge on any atom is -0.372 e. The fourth-order valence-corrected chi connectivity index (χ4v) is 3.12. The second-order valence-corrected chi connectivity index (χ2v) is 6.30. The molecule has 2 aromatic carbocycles. The van der Waals surface area contributed by atoms with Gasteiger partial charge in [0, 0.05) is 6.07 Å². The van der Waals surface area contributed by atoms with E-state index >= 15 is 0 Å². The molecule has 0 aromatic heterocycles. The predicted molar refractivity (Wildman–Crippen MR) is 79.1 cm³/mol. The van der Waals surface area contributed by atoms with Crippen molar-refractivity contribution < 1.29 is 27.1 Å². The quantitative estimate of drug-likeness (QED) is 0.380. The van der Waals surface area contributed by atoms with Gasteiger partial charge in [-0.1, -0.05) is 12.1 Å². The van der Waals surface area contributed by atoms with Gasteiger partial charge in [0.1, 0.15) is 4.90 Å². The zero-order valence-corrected chi connectivity index (χ0v) is 12.6. The van der Waals surface area contributed by atoms with E-state index in [0.29, 0.717) is 0 Å². The van der Waals surface area contributed by atoms with Crippen LogP contribution in [0.2, 0.25) is 0 Å². The fraction of sp³-hybridized carbons (Fsp3) is 0. The van der Waals surface area contributed by atoms with Crippen LogP contribution in [0.1, 0.15) is 20.7 Å². The summed E-state index contributed by atoms with van der Waals surface area (Å²) in [4.78, 5) is 32.8. The molecule has 0 saturated heterocycles. The molecule has 2 amide bonds. The van der Waals surface area contributed by atoms with E-state index in [9.17, 15) is 28.1 Å². The van der Waals surface area contributed by atoms with Crippen molar-refractivity contribution in [2.24, 2.45) is 0 Å². The minimum absolute atomic E-state index is 0.0460. The maximum absolute atomic E-state index is 12.3. The van der Waals surface area contributed by atoms with Crippen molar-refractivity contribution in [2.45, 2.75) is 4.90 Å². The third-order valence-electron chi connectivity index (χ3n) is 3.26. The number of carbonyl (C=O) groups is 2. The Hall–Kier alpha value is -3.27. The first-order valence-electron chi connectivity index (χ1n) is 6.47. The monoisotopic (exact) mass is 348 g/mol. The van der Waals surface area contributed by atoms with E-state index < -0.39 is 43.2 Å². The number of carbonyl (C=O) groups excluding carboxylic acids is 2. The van der Waals surface area contributed by atoms with Crippen molar-refractivity contribution in [2.75, 3.05) is 0 Å². The topological polar surface area (TPSA) is 133 Å². The summed E-state index contributed by atoms with van der Waals surface area (Å²) >= 11 is 0. The molecule has 0 spiro atoms. The molecule has 0 fully saturated rings. The van der Waals surface area contributed by atoms with Crippen molar-refractivity contribution in [3.05, 3.63) is 63.7 Å². The van der Waals surface area contributed by atoms with Gasteiger partial charge in [0.25, 0.3) is 11.8 Å². The summed E-state index contributed by atoms with van der Waals surface area (Å²) in [5, 5.41) is 12.9. The number of hydrogen-bond donors (Lipinski definition) is 1. The number of benzene rings is 2. The highest BCUT2D eigenvalue weighted by atomic mass is 32.2. The molecule has 9 nitrogen and oxygen atoms in total. The molecule has 1 aliphatic heterocycles. The number of fused-ring (bicyclic) bond motifs is 1. The molecule has 0 saturated carbocycles. The number of nitro benzene ring substituents is 1. The van der Waals surface area contributed by atoms with Crippen LogP contribution >= 0.6 is 0 Å². The number of nitrogens with zero attached hydrogens (tertiary/aromatic N) is 1. The molecular formula is C14H8N2O7S. The zero-order valence-electron chi connectivity index (χ0n) is 11.8. The van der Waals surface area contributed by atoms with Gasteiger partial charge in [0.2, 0.25) is 5.75 Å². The van der Waals surface area contributed by atoms with Crippen LogP contribution in [0, 0.1) is 10.1 Å². The summed E-state index contributed by atoms with van der Waals surface area (Å²) in [6, 6.07) is 8.22. The summed E-state index contributed by atoms with van der Waals surface area (Å²) < 4.78 is 29.4. The Bertz CT molecular complexity index is 998. The maximum Gasteiger partial charge on any atom is 0.339 e. The molecular weight excluding hydrogens is 340 g/mol. The summed E-state index contributed by atoms with van der Waals surface area (Å²) in [6.07, 6.45) is 0. The molecule has 3 rings (SSSR count). The average molecular weight is 348 g/mol. The number of hydrogen-bond acceptors (Lipinski definition) is 7. The Labute approximate surface area is 135 Å². The highest BCUT2D eigenvalue weighted by Crippen LogP contribution is 2.29. The van der Waals surface area contributed by atoms with Gasteiger partial charge in [-0.15, -0.1) is 0 Å². The second-order valence-electron chi connectivity index (χ2n) is 4.75. The normalized spacial score (nSPS) is 13.3. The molecule has 1 N–H and O–H groups in total. The first-order valence-corrected chi connectivity index (χ1v) is 7.88. The molecule has 0 radical (unpaired) electrons. The van der Waals surface area contributed by atoms with Crippen LogP contribution in [0.5, 0.6) is 5.75 Å². The first-order chi connectivity index (χ1) is 11.3. The third-order valence-corrected chi connectivity index (χ3v) is 4.49. The van der Waals surface area contributed by atoms with Crippen LogP contribution in [-0.4, -0.2) is 25.2 Å². The van der Waals surface area contributed by atoms with E-state index in [4.69, 9.17) is 4.18 Å². The van der Waals surface area contributed by atoms with Crippen LogP contribution in [0.25, 0.3) is 0 Å². The summed E-state index contributed by atoms with van der Waals surface area (Å²) in [7, 11) is -4.43. The number of amides is 2. The van der Waals surface area contributed by atoms with Crippen molar-refractivity contribution in [3.63, 3.8) is 0 Å². The number of nitrogens with one attached hydrogen (secondary N) is 1. The average Bonchev–Trinajstić information content (AvgIpc) is 2.81. The van der Waals surface area contributed by atoms with Gasteiger partial charge in [-0.05, 0) is 24.3 Å². The molecule has 0 unspecified atom stereocenters. The van der Waals surface area contributed by atoms with Crippen molar-refractivity contribution in [1.82, 2.24) is 5.32 Å². The van der Waals surface area contributed by atoms with E-state index in [1.807, 2.05) is 5.32 Å². The highest BCUT2D eigenvalue weighted by Gasteiger charge is 2.30. The Kier molecular flexibility index (Phi) is 3.53. The van der Waals surface area contributed by atoms with Crippen LogP contribution in [0.15, 0.2) is 47.4 Å². The van der Waals surface area contributed by atoms with Crippen molar-refractivity contribution >= 4 is 27.6 Å². The molecule has 1 aliphatic rings. The van der Waals surface area contributed by atoms with Gasteiger partial charge in [-0.3, -0.25) is 25.0 Å². The van der Waals surface area contributed by atoms with Crippen molar-refractivity contribution in [1.29, 1.82) is 0 Å². The molecule has 0 aliphatic carbocycles. The van der Waals surface area contributed by atoms with Crippen LogP contribution in [0.4, 0.5) is 5.69 Å². The molecule has 1 heterocycles. The zero-order chi connectivity index (χ0) is 17.5. The van der Waals surface area contributed by atoms with Gasteiger partial charge in [-0.25, -0.2) is 0 Å². The van der Waals surface area contributed by atoms with E-state index in [1.165, 1.54) is 18.2 Å². The SMILES string of the molecule is O=C1NC(=O)c2cc(S(=O)(=O)Oc3ccccc3[N+](=O)[O-])ccc21. The highest BCUT2D eigenvalue weighted by molar-refractivity contribution is 7.87. The van der Waals surface area contributed by atoms with E-state index in [-0.39, 0.29) is 11.1 Å². The van der Waals surface area contributed by atoms with Crippen LogP contribution in [0.3, 0.4) is 0 Å². The Balaban J connectivity index is 2.01. The molecule has 10 heteroatoms. The van der Waals surface area contributed by atoms with Crippen LogP contribution in [-0.2, 0) is 10.1 Å². The standard InChI is InChI=1S/C14H8N2O7S/c17-13-9-6-5-8(7-10(9)14(18)15-13)24(21,22)23-12-4-2-1-3-11(12)16(19)20/h1-7H,(H,15,17,18).